The number of rotatable bonds is 35. The molecule has 3 aromatic rings. The zero-order valence-electron chi connectivity index (χ0n) is 33.8. The van der Waals surface area contributed by atoms with Gasteiger partial charge in [0.05, 0.1) is 147 Å². The van der Waals surface area contributed by atoms with Gasteiger partial charge in [0.1, 0.15) is 6.61 Å². The lowest BCUT2D eigenvalue weighted by Crippen LogP contribution is -2.16. The third-order valence-electron chi connectivity index (χ3n) is 7.83. The number of anilines is 2. The molecule has 0 bridgehead atoms. The highest BCUT2D eigenvalue weighted by molar-refractivity contribution is 7.86. The summed E-state index contributed by atoms with van der Waals surface area (Å²) in [6, 6.07) is 17.5. The Kier molecular flexibility index (Phi) is 25.6. The summed E-state index contributed by atoms with van der Waals surface area (Å²) < 4.78 is 123. The number of esters is 1. The van der Waals surface area contributed by atoms with E-state index in [1.54, 1.807) is 30.3 Å². The number of carbonyl (C=O) groups is 1. The van der Waals surface area contributed by atoms with E-state index in [2.05, 4.69) is 5.32 Å². The SMILES string of the molecule is Cc1ccc(S(=O)(=O)OCCOCCOCCOCCOCCOCCOCCOCCOCCOCCOC(=O)c2ccccc2Nc2cccc(C(F)(F)F)c2)cc1. The normalized spacial score (nSPS) is 11.9. The lowest BCUT2D eigenvalue weighted by Gasteiger charge is -2.13. The van der Waals surface area contributed by atoms with Crippen LogP contribution in [-0.2, 0) is 67.8 Å². The van der Waals surface area contributed by atoms with Gasteiger partial charge in [-0.25, -0.2) is 4.79 Å². The molecule has 0 saturated heterocycles. The van der Waals surface area contributed by atoms with Crippen molar-refractivity contribution in [2.75, 3.05) is 137 Å². The van der Waals surface area contributed by atoms with Crippen LogP contribution in [0, 0.1) is 6.92 Å². The van der Waals surface area contributed by atoms with Crippen LogP contribution in [-0.4, -0.2) is 147 Å². The maximum atomic E-state index is 13.1. The topological polar surface area (TPSA) is 165 Å². The van der Waals surface area contributed by atoms with Gasteiger partial charge in [0.15, 0.2) is 0 Å². The van der Waals surface area contributed by atoms with Crippen molar-refractivity contribution in [2.45, 2.75) is 18.0 Å². The van der Waals surface area contributed by atoms with Gasteiger partial charge in [-0.2, -0.15) is 21.6 Å². The highest BCUT2D eigenvalue weighted by Gasteiger charge is 2.30. The summed E-state index contributed by atoms with van der Waals surface area (Å²) in [6.45, 7) is 8.25. The summed E-state index contributed by atoms with van der Waals surface area (Å²) in [5.74, 6) is -0.638. The van der Waals surface area contributed by atoms with E-state index in [0.717, 1.165) is 17.7 Å². The number of para-hydroxylation sites is 1. The van der Waals surface area contributed by atoms with E-state index in [9.17, 15) is 26.4 Å². The molecule has 0 atom stereocenters. The second-order valence-electron chi connectivity index (χ2n) is 12.5. The zero-order valence-corrected chi connectivity index (χ0v) is 34.6. The van der Waals surface area contributed by atoms with Crippen LogP contribution in [0.15, 0.2) is 77.7 Å². The van der Waals surface area contributed by atoms with Gasteiger partial charge >= 0.3 is 12.1 Å². The average Bonchev–Trinajstić information content (AvgIpc) is 3.23. The smallest absolute Gasteiger partial charge is 0.416 e. The average molecular weight is 876 g/mol. The number of aryl methyl sites for hydroxylation is 1. The summed E-state index contributed by atoms with van der Waals surface area (Å²) in [7, 11) is -3.80. The number of ether oxygens (including phenoxy) is 10. The fourth-order valence-electron chi connectivity index (χ4n) is 4.81. The molecule has 19 heteroatoms. The van der Waals surface area contributed by atoms with E-state index in [1.807, 2.05) is 6.92 Å². The van der Waals surface area contributed by atoms with Gasteiger partial charge in [-0.05, 0) is 49.4 Å². The Hall–Kier alpha value is -3.73. The van der Waals surface area contributed by atoms with Crippen molar-refractivity contribution in [3.63, 3.8) is 0 Å². The first-order chi connectivity index (χ1) is 29.1. The van der Waals surface area contributed by atoms with Crippen LogP contribution in [0.5, 0.6) is 0 Å². The van der Waals surface area contributed by atoms with E-state index >= 15 is 0 Å². The largest absolute Gasteiger partial charge is 0.460 e. The zero-order chi connectivity index (χ0) is 43.2. The minimum absolute atomic E-state index is 0.0130. The van der Waals surface area contributed by atoms with Crippen molar-refractivity contribution in [3.8, 4) is 0 Å². The van der Waals surface area contributed by atoms with E-state index in [4.69, 9.17) is 51.6 Å². The Morgan fingerprint density at radius 1 is 0.533 bits per heavy atom. The molecule has 0 aromatic heterocycles. The molecule has 3 aromatic carbocycles. The number of halogens is 3. The summed E-state index contributed by atoms with van der Waals surface area (Å²) in [5, 5.41) is 2.85. The predicted molar refractivity (Wildman–Crippen MR) is 213 cm³/mol. The number of alkyl halides is 3. The van der Waals surface area contributed by atoms with Crippen LogP contribution < -0.4 is 5.32 Å². The second kappa shape index (κ2) is 30.3. The molecular formula is C41H56F3NO14S. The summed E-state index contributed by atoms with van der Waals surface area (Å²) in [4.78, 5) is 12.7. The fraction of sp³-hybridized carbons (Fsp3) is 0.537. The number of hydrogen-bond acceptors (Lipinski definition) is 15. The third-order valence-corrected chi connectivity index (χ3v) is 9.16. The Labute approximate surface area is 349 Å². The lowest BCUT2D eigenvalue weighted by atomic mass is 10.1. The molecule has 0 heterocycles. The van der Waals surface area contributed by atoms with Crippen LogP contribution in [0.25, 0.3) is 0 Å². The lowest BCUT2D eigenvalue weighted by molar-refractivity contribution is -0.137. The van der Waals surface area contributed by atoms with Crippen LogP contribution in [0.4, 0.5) is 24.5 Å². The van der Waals surface area contributed by atoms with Crippen molar-refractivity contribution in [1.29, 1.82) is 0 Å². The minimum atomic E-state index is -4.49. The Morgan fingerprint density at radius 2 is 0.950 bits per heavy atom. The molecule has 0 aliphatic carbocycles. The molecule has 0 radical (unpaired) electrons. The number of benzene rings is 3. The molecule has 15 nitrogen and oxygen atoms in total. The molecule has 336 valence electrons. The minimum Gasteiger partial charge on any atom is -0.460 e. The van der Waals surface area contributed by atoms with Crippen molar-refractivity contribution in [3.05, 3.63) is 89.5 Å². The summed E-state index contributed by atoms with van der Waals surface area (Å²) >= 11 is 0. The predicted octanol–water partition coefficient (Wildman–Crippen LogP) is 5.47. The number of nitrogens with one attached hydrogen (secondary N) is 1. The van der Waals surface area contributed by atoms with Gasteiger partial charge in [-0.3, -0.25) is 4.18 Å². The molecule has 0 fully saturated rings. The van der Waals surface area contributed by atoms with E-state index in [0.29, 0.717) is 105 Å². The third kappa shape index (κ3) is 22.8. The molecule has 0 amide bonds. The van der Waals surface area contributed by atoms with Crippen LogP contribution >= 0.6 is 0 Å². The molecular weight excluding hydrogens is 820 g/mol. The molecule has 0 saturated carbocycles. The van der Waals surface area contributed by atoms with Gasteiger partial charge in [0.25, 0.3) is 10.1 Å². The molecule has 0 spiro atoms. The van der Waals surface area contributed by atoms with Gasteiger partial charge in [-0.1, -0.05) is 35.9 Å². The Balaban J connectivity index is 0.997. The van der Waals surface area contributed by atoms with Crippen molar-refractivity contribution in [2.24, 2.45) is 0 Å². The van der Waals surface area contributed by atoms with Crippen molar-refractivity contribution >= 4 is 27.5 Å². The monoisotopic (exact) mass is 875 g/mol. The first kappa shape index (κ1) is 50.6. The number of hydrogen-bond donors (Lipinski definition) is 1. The maximum absolute atomic E-state index is 13.1. The molecule has 0 aliphatic rings. The van der Waals surface area contributed by atoms with Gasteiger partial charge in [-0.15, -0.1) is 0 Å². The Morgan fingerprint density at radius 3 is 1.40 bits per heavy atom. The maximum Gasteiger partial charge on any atom is 0.416 e. The van der Waals surface area contributed by atoms with E-state index in [1.165, 1.54) is 30.3 Å². The first-order valence-electron chi connectivity index (χ1n) is 19.4. The highest BCUT2D eigenvalue weighted by Crippen LogP contribution is 2.32. The standard InChI is InChI=1S/C41H56F3NO14S/c1-34-9-11-37(12-10-34)60(47,48)59-32-30-57-28-26-55-24-22-53-20-18-51-16-14-49-13-15-50-17-19-52-21-23-54-25-27-56-29-31-58-40(46)38-7-2-3-8-39(38)45-36-6-4-5-35(33-36)41(42,43)44/h2-12,33,45H,13-32H2,1H3. The first-order valence-corrected chi connectivity index (χ1v) is 20.8. The van der Waals surface area contributed by atoms with Gasteiger partial charge in [0.2, 0.25) is 0 Å². The molecule has 3 rings (SSSR count). The van der Waals surface area contributed by atoms with Crippen molar-refractivity contribution < 1.29 is 77.9 Å². The van der Waals surface area contributed by atoms with E-state index in [-0.39, 0.29) is 49.2 Å². The van der Waals surface area contributed by atoms with Gasteiger partial charge in [0, 0.05) is 5.69 Å². The summed E-state index contributed by atoms with van der Waals surface area (Å²) in [6.07, 6.45) is -4.49. The molecule has 60 heavy (non-hydrogen) atoms. The molecule has 0 unspecified atom stereocenters. The van der Waals surface area contributed by atoms with Crippen LogP contribution in [0.3, 0.4) is 0 Å². The van der Waals surface area contributed by atoms with Gasteiger partial charge < -0.3 is 52.7 Å². The second-order valence-corrected chi connectivity index (χ2v) is 14.1. The fourth-order valence-corrected chi connectivity index (χ4v) is 5.70. The summed E-state index contributed by atoms with van der Waals surface area (Å²) in [5.41, 5.74) is 0.840. The number of carbonyl (C=O) groups excluding carboxylic acids is 1. The van der Waals surface area contributed by atoms with E-state index < -0.39 is 27.8 Å². The quantitative estimate of drug-likeness (QED) is 0.0449. The van der Waals surface area contributed by atoms with Crippen LogP contribution in [0.2, 0.25) is 0 Å². The van der Waals surface area contributed by atoms with Crippen LogP contribution in [0.1, 0.15) is 21.5 Å². The Bertz CT molecular complexity index is 1700. The highest BCUT2D eigenvalue weighted by atomic mass is 32.2. The molecule has 0 aliphatic heterocycles. The molecule has 1 N–H and O–H groups in total. The van der Waals surface area contributed by atoms with Crippen molar-refractivity contribution in [1.82, 2.24) is 0 Å².